The molecule has 1 atom stereocenters. The van der Waals surface area contributed by atoms with Crippen LogP contribution in [0.25, 0.3) is 0 Å². The van der Waals surface area contributed by atoms with E-state index in [9.17, 15) is 9.59 Å². The predicted molar refractivity (Wildman–Crippen MR) is 121 cm³/mol. The van der Waals surface area contributed by atoms with Crippen LogP contribution in [-0.2, 0) is 16.1 Å². The van der Waals surface area contributed by atoms with Crippen molar-refractivity contribution in [3.8, 4) is 5.75 Å². The monoisotopic (exact) mass is 443 g/mol. The maximum atomic E-state index is 12.8. The normalized spacial score (nSPS) is 19.0. The van der Waals surface area contributed by atoms with E-state index in [4.69, 9.17) is 4.74 Å². The molecule has 2 amide bonds. The van der Waals surface area contributed by atoms with Crippen LogP contribution in [0.5, 0.6) is 5.75 Å². The number of aromatic nitrogens is 2. The summed E-state index contributed by atoms with van der Waals surface area (Å²) in [6.45, 7) is 5.48. The van der Waals surface area contributed by atoms with Crippen molar-refractivity contribution in [2.24, 2.45) is 5.92 Å². The predicted octanol–water partition coefficient (Wildman–Crippen LogP) is 2.99. The minimum atomic E-state index is -0.0818. The summed E-state index contributed by atoms with van der Waals surface area (Å²) in [4.78, 5) is 28.5. The van der Waals surface area contributed by atoms with Crippen molar-refractivity contribution in [3.05, 3.63) is 29.8 Å². The molecule has 0 spiro atoms. The summed E-state index contributed by atoms with van der Waals surface area (Å²) in [6, 6.07) is 7.86. The van der Waals surface area contributed by atoms with Crippen molar-refractivity contribution in [1.82, 2.24) is 15.5 Å². The highest BCUT2D eigenvalue weighted by molar-refractivity contribution is 7.19. The second-order valence-electron chi connectivity index (χ2n) is 8.01. The average Bonchev–Trinajstić information content (AvgIpc) is 3.46. The van der Waals surface area contributed by atoms with Gasteiger partial charge in [-0.15, -0.1) is 10.2 Å². The second-order valence-corrected chi connectivity index (χ2v) is 8.95. The largest absolute Gasteiger partial charge is 0.494 e. The molecule has 166 valence electrons. The molecule has 0 radical (unpaired) electrons. The molecule has 1 aromatic carbocycles. The van der Waals surface area contributed by atoms with Crippen molar-refractivity contribution in [3.63, 3.8) is 0 Å². The van der Waals surface area contributed by atoms with E-state index in [-0.39, 0.29) is 17.7 Å². The SMILES string of the molecule is CCCOc1ccc(CNC(=O)[C@@H]2CCCN(c3nnc(N4CCCC4=O)s3)C2)cc1. The van der Waals surface area contributed by atoms with Crippen LogP contribution in [-0.4, -0.2) is 48.3 Å². The van der Waals surface area contributed by atoms with Gasteiger partial charge in [-0.2, -0.15) is 0 Å². The van der Waals surface area contributed by atoms with Crippen LogP contribution in [0.1, 0.15) is 44.6 Å². The Balaban J connectivity index is 1.29. The highest BCUT2D eigenvalue weighted by Crippen LogP contribution is 2.32. The van der Waals surface area contributed by atoms with E-state index < -0.39 is 0 Å². The number of rotatable bonds is 8. The van der Waals surface area contributed by atoms with Gasteiger partial charge >= 0.3 is 0 Å². The van der Waals surface area contributed by atoms with Gasteiger partial charge in [-0.3, -0.25) is 14.5 Å². The fourth-order valence-electron chi connectivity index (χ4n) is 3.92. The van der Waals surface area contributed by atoms with Crippen LogP contribution >= 0.6 is 11.3 Å². The Morgan fingerprint density at radius 1 is 1.19 bits per heavy atom. The van der Waals surface area contributed by atoms with E-state index in [1.54, 1.807) is 4.90 Å². The van der Waals surface area contributed by atoms with Crippen LogP contribution in [0.3, 0.4) is 0 Å². The van der Waals surface area contributed by atoms with E-state index in [1.807, 2.05) is 24.3 Å². The Morgan fingerprint density at radius 3 is 2.74 bits per heavy atom. The van der Waals surface area contributed by atoms with E-state index >= 15 is 0 Å². The molecule has 9 heteroatoms. The van der Waals surface area contributed by atoms with E-state index in [1.165, 1.54) is 11.3 Å². The summed E-state index contributed by atoms with van der Waals surface area (Å²) in [7, 11) is 0. The molecule has 0 aliphatic carbocycles. The van der Waals surface area contributed by atoms with E-state index in [0.29, 0.717) is 37.8 Å². The van der Waals surface area contributed by atoms with Crippen LogP contribution in [0.2, 0.25) is 0 Å². The van der Waals surface area contributed by atoms with Gasteiger partial charge in [-0.25, -0.2) is 0 Å². The van der Waals surface area contributed by atoms with Crippen LogP contribution in [0, 0.1) is 5.92 Å². The first-order valence-corrected chi connectivity index (χ1v) is 11.8. The smallest absolute Gasteiger partial charge is 0.228 e. The van der Waals surface area contributed by atoms with Gasteiger partial charge in [0.05, 0.1) is 12.5 Å². The third kappa shape index (κ3) is 5.33. The Morgan fingerprint density at radius 2 is 2.00 bits per heavy atom. The lowest BCUT2D eigenvalue weighted by Crippen LogP contribution is -2.43. The minimum absolute atomic E-state index is 0.0652. The molecule has 0 bridgehead atoms. The third-order valence-electron chi connectivity index (χ3n) is 5.63. The van der Waals surface area contributed by atoms with Gasteiger partial charge in [-0.05, 0) is 43.4 Å². The lowest BCUT2D eigenvalue weighted by Gasteiger charge is -2.31. The van der Waals surface area contributed by atoms with Gasteiger partial charge in [0.2, 0.25) is 22.1 Å². The number of hydrogen-bond donors (Lipinski definition) is 1. The number of nitrogens with zero attached hydrogens (tertiary/aromatic N) is 4. The van der Waals surface area contributed by atoms with Gasteiger partial charge < -0.3 is 15.0 Å². The Labute approximate surface area is 186 Å². The topological polar surface area (TPSA) is 87.7 Å². The molecular weight excluding hydrogens is 414 g/mol. The summed E-state index contributed by atoms with van der Waals surface area (Å²) in [5, 5.41) is 13.0. The van der Waals surface area contributed by atoms with Crippen molar-refractivity contribution in [2.45, 2.75) is 45.6 Å². The maximum absolute atomic E-state index is 12.8. The summed E-state index contributed by atoms with van der Waals surface area (Å²) in [5.74, 6) is 0.951. The minimum Gasteiger partial charge on any atom is -0.494 e. The number of nitrogens with one attached hydrogen (secondary N) is 1. The molecule has 2 aromatic rings. The first-order valence-electron chi connectivity index (χ1n) is 11.0. The standard InChI is InChI=1S/C22H29N5O3S/c1-2-13-30-18-9-7-16(8-10-18)14-23-20(29)17-5-3-11-26(15-17)21-24-25-22(31-21)27-12-4-6-19(27)28/h7-10,17H,2-6,11-15H2,1H3,(H,23,29)/t17-/m1/s1. The van der Waals surface area contributed by atoms with Gasteiger partial charge in [-0.1, -0.05) is 30.4 Å². The maximum Gasteiger partial charge on any atom is 0.228 e. The lowest BCUT2D eigenvalue weighted by atomic mass is 9.97. The molecule has 3 heterocycles. The van der Waals surface area contributed by atoms with Gasteiger partial charge in [0, 0.05) is 32.6 Å². The Hall–Kier alpha value is -2.68. The van der Waals surface area contributed by atoms with Crippen molar-refractivity contribution in [1.29, 1.82) is 0 Å². The molecule has 8 nitrogen and oxygen atoms in total. The van der Waals surface area contributed by atoms with Gasteiger partial charge in [0.25, 0.3) is 0 Å². The molecule has 31 heavy (non-hydrogen) atoms. The highest BCUT2D eigenvalue weighted by Gasteiger charge is 2.30. The fraction of sp³-hybridized carbons (Fsp3) is 0.545. The third-order valence-corrected chi connectivity index (χ3v) is 6.64. The summed E-state index contributed by atoms with van der Waals surface area (Å²) < 4.78 is 5.60. The zero-order valence-corrected chi connectivity index (χ0v) is 18.7. The van der Waals surface area contributed by atoms with Crippen LogP contribution in [0.15, 0.2) is 24.3 Å². The Kier molecular flexibility index (Phi) is 7.01. The molecule has 2 aliphatic heterocycles. The van der Waals surface area contributed by atoms with E-state index in [2.05, 4.69) is 27.3 Å². The molecule has 0 saturated carbocycles. The van der Waals surface area contributed by atoms with E-state index in [0.717, 1.165) is 48.7 Å². The first kappa shape index (κ1) is 21.5. The molecule has 2 saturated heterocycles. The fourth-order valence-corrected chi connectivity index (χ4v) is 4.84. The number of benzene rings is 1. The molecule has 2 aliphatic rings. The molecule has 0 unspecified atom stereocenters. The zero-order valence-electron chi connectivity index (χ0n) is 17.9. The summed E-state index contributed by atoms with van der Waals surface area (Å²) in [6.07, 6.45) is 4.22. The van der Waals surface area contributed by atoms with Crippen LogP contribution in [0.4, 0.5) is 10.3 Å². The average molecular weight is 444 g/mol. The molecule has 1 N–H and O–H groups in total. The van der Waals surface area contributed by atoms with Gasteiger partial charge in [0.15, 0.2) is 0 Å². The molecule has 1 aromatic heterocycles. The van der Waals surface area contributed by atoms with Crippen molar-refractivity contribution < 1.29 is 14.3 Å². The second kappa shape index (κ2) is 10.1. The number of carbonyl (C=O) groups is 2. The first-order chi connectivity index (χ1) is 15.1. The molecule has 2 fully saturated rings. The van der Waals surface area contributed by atoms with Crippen LogP contribution < -0.4 is 19.9 Å². The Bertz CT molecular complexity index is 901. The number of piperidine rings is 1. The number of ether oxygens (including phenoxy) is 1. The lowest BCUT2D eigenvalue weighted by molar-refractivity contribution is -0.125. The quantitative estimate of drug-likeness (QED) is 0.675. The number of amides is 2. The zero-order chi connectivity index (χ0) is 21.6. The number of carbonyl (C=O) groups excluding carboxylic acids is 2. The van der Waals surface area contributed by atoms with Gasteiger partial charge in [0.1, 0.15) is 5.75 Å². The molecule has 4 rings (SSSR count). The summed E-state index contributed by atoms with van der Waals surface area (Å²) >= 11 is 1.44. The van der Waals surface area contributed by atoms with Crippen molar-refractivity contribution in [2.75, 3.05) is 36.0 Å². The summed E-state index contributed by atoms with van der Waals surface area (Å²) in [5.41, 5.74) is 1.05. The molecular formula is C22H29N5O3S. The van der Waals surface area contributed by atoms with Crippen molar-refractivity contribution >= 4 is 33.4 Å². The number of hydrogen-bond acceptors (Lipinski definition) is 7. The highest BCUT2D eigenvalue weighted by atomic mass is 32.1. The number of anilines is 2.